The molecule has 0 spiro atoms. The number of rotatable bonds is 7. The zero-order chi connectivity index (χ0) is 16.7. The summed E-state index contributed by atoms with van der Waals surface area (Å²) >= 11 is 0. The lowest BCUT2D eigenvalue weighted by Crippen LogP contribution is -2.17. The summed E-state index contributed by atoms with van der Waals surface area (Å²) in [6.45, 7) is 7.13. The molecule has 0 aliphatic heterocycles. The minimum atomic E-state index is 0.0260. The van der Waals surface area contributed by atoms with Crippen LogP contribution in [0.15, 0.2) is 42.6 Å². The largest absolute Gasteiger partial charge is 0.341 e. The Kier molecular flexibility index (Phi) is 6.15. The zero-order valence-electron chi connectivity index (χ0n) is 14.2. The second-order valence-corrected chi connectivity index (χ2v) is 5.64. The predicted octanol–water partition coefficient (Wildman–Crippen LogP) is 4.68. The predicted molar refractivity (Wildman–Crippen MR) is 96.3 cm³/mol. The first kappa shape index (κ1) is 17.0. The van der Waals surface area contributed by atoms with Gasteiger partial charge >= 0.3 is 0 Å². The molecule has 1 aromatic carbocycles. The van der Waals surface area contributed by atoms with Gasteiger partial charge in [-0.2, -0.15) is 0 Å². The fourth-order valence-electron chi connectivity index (χ4n) is 2.47. The van der Waals surface area contributed by atoms with E-state index in [4.69, 9.17) is 0 Å². The summed E-state index contributed by atoms with van der Waals surface area (Å²) in [5.74, 6) is 0.633. The molecule has 2 aromatic rings. The number of benzene rings is 1. The van der Waals surface area contributed by atoms with E-state index in [0.29, 0.717) is 12.2 Å². The van der Waals surface area contributed by atoms with E-state index in [1.54, 1.807) is 6.20 Å². The maximum absolute atomic E-state index is 11.7. The number of unbranched alkanes of at least 4 members (excludes halogenated alkanes) is 1. The summed E-state index contributed by atoms with van der Waals surface area (Å²) in [7, 11) is 0. The van der Waals surface area contributed by atoms with E-state index in [0.717, 1.165) is 30.8 Å². The van der Waals surface area contributed by atoms with E-state index in [9.17, 15) is 4.79 Å². The summed E-state index contributed by atoms with van der Waals surface area (Å²) in [5, 5.41) is 2.84. The van der Waals surface area contributed by atoms with Crippen molar-refractivity contribution < 1.29 is 4.79 Å². The molecule has 0 radical (unpaired) electrons. The first-order valence-electron chi connectivity index (χ1n) is 8.24. The molecule has 0 saturated carbocycles. The molecule has 0 fully saturated rings. The number of aromatic nitrogens is 1. The summed E-state index contributed by atoms with van der Waals surface area (Å²) in [6.07, 6.45) is 4.27. The molecule has 0 aliphatic rings. The van der Waals surface area contributed by atoms with E-state index in [1.165, 1.54) is 5.56 Å². The highest BCUT2D eigenvalue weighted by Crippen LogP contribution is 2.25. The van der Waals surface area contributed by atoms with Gasteiger partial charge in [-0.25, -0.2) is 4.98 Å². The van der Waals surface area contributed by atoms with Crippen LogP contribution in [0.5, 0.6) is 0 Å². The Morgan fingerprint density at radius 1 is 1.17 bits per heavy atom. The molecular weight excluding hydrogens is 286 g/mol. The standard InChI is InChI=1S/C19H25N3O/c1-4-6-10-19(23)21-18-12-11-17(14-20-18)22(5-2)16-9-7-8-15(3)13-16/h7-9,11-14H,4-6,10H2,1-3H3,(H,20,21,23). The molecule has 2 rings (SSSR count). The van der Waals surface area contributed by atoms with Crippen molar-refractivity contribution in [1.82, 2.24) is 4.98 Å². The number of hydrogen-bond acceptors (Lipinski definition) is 3. The van der Waals surface area contributed by atoms with Gasteiger partial charge in [0.15, 0.2) is 0 Å². The van der Waals surface area contributed by atoms with Gasteiger partial charge in [-0.05, 0) is 50.1 Å². The Hall–Kier alpha value is -2.36. The Bertz CT molecular complexity index is 637. The third kappa shape index (κ3) is 4.81. The van der Waals surface area contributed by atoms with Gasteiger partial charge in [0.2, 0.25) is 5.91 Å². The van der Waals surface area contributed by atoms with Gasteiger partial charge in [-0.1, -0.05) is 25.5 Å². The van der Waals surface area contributed by atoms with Crippen molar-refractivity contribution in [3.8, 4) is 0 Å². The average Bonchev–Trinajstić information content (AvgIpc) is 2.55. The molecule has 0 saturated heterocycles. The van der Waals surface area contributed by atoms with Crippen LogP contribution in [0.4, 0.5) is 17.2 Å². The van der Waals surface area contributed by atoms with Gasteiger partial charge in [0.05, 0.1) is 11.9 Å². The van der Waals surface area contributed by atoms with Crippen LogP contribution in [-0.2, 0) is 4.79 Å². The smallest absolute Gasteiger partial charge is 0.225 e. The van der Waals surface area contributed by atoms with E-state index in [-0.39, 0.29) is 5.91 Å². The van der Waals surface area contributed by atoms with Gasteiger partial charge < -0.3 is 10.2 Å². The Morgan fingerprint density at radius 2 is 2.00 bits per heavy atom. The second-order valence-electron chi connectivity index (χ2n) is 5.64. The van der Waals surface area contributed by atoms with Gasteiger partial charge in [0, 0.05) is 18.7 Å². The molecule has 122 valence electrons. The third-order valence-corrected chi connectivity index (χ3v) is 3.71. The van der Waals surface area contributed by atoms with Crippen LogP contribution in [0.3, 0.4) is 0 Å². The number of nitrogens with zero attached hydrogens (tertiary/aromatic N) is 2. The molecule has 0 bridgehead atoms. The first-order valence-corrected chi connectivity index (χ1v) is 8.24. The SMILES string of the molecule is CCCCC(=O)Nc1ccc(N(CC)c2cccc(C)c2)cn1. The highest BCUT2D eigenvalue weighted by Gasteiger charge is 2.09. The summed E-state index contributed by atoms with van der Waals surface area (Å²) in [5.41, 5.74) is 3.40. The Labute approximate surface area is 138 Å². The summed E-state index contributed by atoms with van der Waals surface area (Å²) < 4.78 is 0. The highest BCUT2D eigenvalue weighted by atomic mass is 16.1. The molecule has 4 nitrogen and oxygen atoms in total. The quantitative estimate of drug-likeness (QED) is 0.807. The Morgan fingerprint density at radius 3 is 2.61 bits per heavy atom. The van der Waals surface area contributed by atoms with E-state index < -0.39 is 0 Å². The molecule has 0 atom stereocenters. The van der Waals surface area contributed by atoms with Crippen molar-refractivity contribution in [2.45, 2.75) is 40.0 Å². The number of nitrogens with one attached hydrogen (secondary N) is 1. The summed E-state index contributed by atoms with van der Waals surface area (Å²) in [4.78, 5) is 18.3. The molecule has 1 N–H and O–H groups in total. The molecule has 23 heavy (non-hydrogen) atoms. The highest BCUT2D eigenvalue weighted by molar-refractivity contribution is 5.89. The van der Waals surface area contributed by atoms with Crippen molar-refractivity contribution in [3.63, 3.8) is 0 Å². The molecule has 1 amide bonds. The van der Waals surface area contributed by atoms with Crippen LogP contribution in [0.25, 0.3) is 0 Å². The van der Waals surface area contributed by atoms with Gasteiger partial charge in [-0.15, -0.1) is 0 Å². The number of pyridine rings is 1. The number of anilines is 3. The minimum absolute atomic E-state index is 0.0260. The third-order valence-electron chi connectivity index (χ3n) is 3.71. The second kappa shape index (κ2) is 8.32. The normalized spacial score (nSPS) is 10.4. The van der Waals surface area contributed by atoms with Crippen molar-refractivity contribution in [2.24, 2.45) is 0 Å². The number of aryl methyl sites for hydroxylation is 1. The van der Waals surface area contributed by atoms with E-state index >= 15 is 0 Å². The zero-order valence-corrected chi connectivity index (χ0v) is 14.2. The molecule has 4 heteroatoms. The monoisotopic (exact) mass is 311 g/mol. The molecular formula is C19H25N3O. The molecule has 1 aromatic heterocycles. The maximum Gasteiger partial charge on any atom is 0.225 e. The van der Waals surface area contributed by atoms with Crippen molar-refractivity contribution in [2.75, 3.05) is 16.8 Å². The van der Waals surface area contributed by atoms with Crippen LogP contribution in [0, 0.1) is 6.92 Å². The van der Waals surface area contributed by atoms with Crippen LogP contribution in [0.1, 0.15) is 38.7 Å². The van der Waals surface area contributed by atoms with Gasteiger partial charge in [0.25, 0.3) is 0 Å². The van der Waals surface area contributed by atoms with Crippen LogP contribution in [-0.4, -0.2) is 17.4 Å². The molecule has 1 heterocycles. The van der Waals surface area contributed by atoms with Crippen molar-refractivity contribution in [1.29, 1.82) is 0 Å². The van der Waals surface area contributed by atoms with Crippen molar-refractivity contribution >= 4 is 23.1 Å². The number of carbonyl (C=O) groups is 1. The fourth-order valence-corrected chi connectivity index (χ4v) is 2.47. The lowest BCUT2D eigenvalue weighted by atomic mass is 10.2. The number of hydrogen-bond donors (Lipinski definition) is 1. The average molecular weight is 311 g/mol. The van der Waals surface area contributed by atoms with Crippen LogP contribution >= 0.6 is 0 Å². The minimum Gasteiger partial charge on any atom is -0.341 e. The van der Waals surface area contributed by atoms with Crippen LogP contribution in [0.2, 0.25) is 0 Å². The Balaban J connectivity index is 2.09. The first-order chi connectivity index (χ1) is 11.1. The molecule has 0 aliphatic carbocycles. The van der Waals surface area contributed by atoms with Gasteiger partial charge in [0.1, 0.15) is 5.82 Å². The lowest BCUT2D eigenvalue weighted by molar-refractivity contribution is -0.116. The number of amides is 1. The maximum atomic E-state index is 11.7. The van der Waals surface area contributed by atoms with Crippen molar-refractivity contribution in [3.05, 3.63) is 48.2 Å². The fraction of sp³-hybridized carbons (Fsp3) is 0.368. The molecule has 0 unspecified atom stereocenters. The summed E-state index contributed by atoms with van der Waals surface area (Å²) in [6, 6.07) is 12.3. The topological polar surface area (TPSA) is 45.2 Å². The lowest BCUT2D eigenvalue weighted by Gasteiger charge is -2.23. The van der Waals surface area contributed by atoms with E-state index in [1.807, 2.05) is 12.1 Å². The van der Waals surface area contributed by atoms with Gasteiger partial charge in [-0.3, -0.25) is 4.79 Å². The van der Waals surface area contributed by atoms with E-state index in [2.05, 4.69) is 60.2 Å². The number of carbonyl (C=O) groups excluding carboxylic acids is 1. The van der Waals surface area contributed by atoms with Crippen LogP contribution < -0.4 is 10.2 Å².